The molecule has 1 unspecified atom stereocenters. The van der Waals surface area contributed by atoms with Crippen LogP contribution in [0.3, 0.4) is 0 Å². The number of carbonyl (C=O) groups is 1. The number of hydrogen-bond donors (Lipinski definition) is 0. The van der Waals surface area contributed by atoms with E-state index in [0.29, 0.717) is 6.61 Å². The number of carbonyl (C=O) groups excluding carboxylic acids is 1. The second kappa shape index (κ2) is 3.41. The van der Waals surface area contributed by atoms with E-state index < -0.39 is 5.60 Å². The Balaban J connectivity index is 2.61. The van der Waals surface area contributed by atoms with Gasteiger partial charge in [-0.25, -0.2) is 5.06 Å². The topological polar surface area (TPSA) is 38.8 Å². The molecule has 0 aromatic heterocycles. The summed E-state index contributed by atoms with van der Waals surface area (Å²) in [5, 5.41) is 1.21. The molecule has 0 saturated carbocycles. The van der Waals surface area contributed by atoms with Crippen molar-refractivity contribution in [3.63, 3.8) is 0 Å². The molecule has 12 heavy (non-hydrogen) atoms. The Morgan fingerprint density at radius 3 is 2.75 bits per heavy atom. The maximum atomic E-state index is 11.6. The average Bonchev–Trinajstić information content (AvgIpc) is 2.50. The highest BCUT2D eigenvalue weighted by atomic mass is 16.7. The van der Waals surface area contributed by atoms with E-state index in [1.54, 1.807) is 14.0 Å². The third-order valence-corrected chi connectivity index (χ3v) is 2.23. The zero-order chi connectivity index (χ0) is 9.19. The number of rotatable bonds is 2. The molecule has 4 heteroatoms. The van der Waals surface area contributed by atoms with Gasteiger partial charge in [-0.1, -0.05) is 0 Å². The fourth-order valence-electron chi connectivity index (χ4n) is 1.36. The summed E-state index contributed by atoms with van der Waals surface area (Å²) in [6.07, 6.45) is 1.72. The normalized spacial score (nSPS) is 28.9. The predicted octanol–water partition coefficient (Wildman–Crippen LogP) is 0.575. The van der Waals surface area contributed by atoms with E-state index in [2.05, 4.69) is 0 Å². The highest BCUT2D eigenvalue weighted by Gasteiger charge is 2.39. The molecule has 1 saturated heterocycles. The zero-order valence-corrected chi connectivity index (χ0v) is 7.79. The molecule has 0 radical (unpaired) electrons. The lowest BCUT2D eigenvalue weighted by Gasteiger charge is -2.26. The van der Waals surface area contributed by atoms with Crippen LogP contribution in [0.15, 0.2) is 0 Å². The molecule has 1 rings (SSSR count). The molecule has 1 aliphatic rings. The van der Waals surface area contributed by atoms with Crippen LogP contribution >= 0.6 is 0 Å². The van der Waals surface area contributed by atoms with Crippen LogP contribution in [-0.2, 0) is 14.4 Å². The Labute approximate surface area is 72.4 Å². The van der Waals surface area contributed by atoms with Crippen molar-refractivity contribution in [1.29, 1.82) is 0 Å². The van der Waals surface area contributed by atoms with Crippen LogP contribution in [0, 0.1) is 0 Å². The molecule has 70 valence electrons. The summed E-state index contributed by atoms with van der Waals surface area (Å²) in [5.41, 5.74) is -0.662. The van der Waals surface area contributed by atoms with Gasteiger partial charge in [-0.05, 0) is 19.8 Å². The first-order valence-electron chi connectivity index (χ1n) is 4.06. The number of amides is 1. The Morgan fingerprint density at radius 2 is 2.33 bits per heavy atom. The molecule has 0 N–H and O–H groups in total. The Morgan fingerprint density at radius 1 is 1.67 bits per heavy atom. The monoisotopic (exact) mass is 173 g/mol. The van der Waals surface area contributed by atoms with Crippen molar-refractivity contribution in [3.05, 3.63) is 0 Å². The molecular formula is C8H15NO3. The van der Waals surface area contributed by atoms with E-state index in [4.69, 9.17) is 9.57 Å². The quantitative estimate of drug-likeness (QED) is 0.573. The third kappa shape index (κ3) is 1.59. The summed E-state index contributed by atoms with van der Waals surface area (Å²) >= 11 is 0. The Kier molecular flexibility index (Phi) is 2.69. The maximum absolute atomic E-state index is 11.6. The Hall–Kier alpha value is -0.610. The van der Waals surface area contributed by atoms with Crippen LogP contribution in [0.1, 0.15) is 19.8 Å². The Bertz CT molecular complexity index is 175. The fourth-order valence-corrected chi connectivity index (χ4v) is 1.36. The van der Waals surface area contributed by atoms with Crippen molar-refractivity contribution in [1.82, 2.24) is 5.06 Å². The first-order chi connectivity index (χ1) is 5.60. The minimum atomic E-state index is -0.662. The van der Waals surface area contributed by atoms with Crippen LogP contribution in [0.2, 0.25) is 0 Å². The van der Waals surface area contributed by atoms with E-state index in [0.717, 1.165) is 12.8 Å². The summed E-state index contributed by atoms with van der Waals surface area (Å²) < 4.78 is 5.35. The number of hydroxylamine groups is 2. The molecular weight excluding hydrogens is 158 g/mol. The van der Waals surface area contributed by atoms with E-state index in [1.807, 2.05) is 0 Å². The lowest BCUT2D eigenvalue weighted by Crippen LogP contribution is -2.44. The molecule has 1 heterocycles. The van der Waals surface area contributed by atoms with Crippen LogP contribution in [0.25, 0.3) is 0 Å². The van der Waals surface area contributed by atoms with Crippen molar-refractivity contribution in [3.8, 4) is 0 Å². The standard InChI is InChI=1S/C8H15NO3/c1-8(5-4-6-12-8)7(10)9(2)11-3/h4-6H2,1-3H3. The van der Waals surface area contributed by atoms with Crippen molar-refractivity contribution in [2.75, 3.05) is 20.8 Å². The van der Waals surface area contributed by atoms with E-state index in [1.165, 1.54) is 12.2 Å². The zero-order valence-electron chi connectivity index (χ0n) is 7.79. The van der Waals surface area contributed by atoms with Gasteiger partial charge in [0.15, 0.2) is 0 Å². The molecule has 4 nitrogen and oxygen atoms in total. The second-order valence-corrected chi connectivity index (χ2v) is 3.17. The lowest BCUT2D eigenvalue weighted by molar-refractivity contribution is -0.188. The van der Waals surface area contributed by atoms with Crippen LogP contribution in [-0.4, -0.2) is 37.3 Å². The summed E-state index contributed by atoms with van der Waals surface area (Å²) in [5.74, 6) is -0.109. The molecule has 0 bridgehead atoms. The first-order valence-corrected chi connectivity index (χ1v) is 4.06. The SMILES string of the molecule is CON(C)C(=O)C1(C)CCCO1. The van der Waals surface area contributed by atoms with Gasteiger partial charge in [0.1, 0.15) is 5.60 Å². The van der Waals surface area contributed by atoms with E-state index in [-0.39, 0.29) is 5.91 Å². The van der Waals surface area contributed by atoms with Crippen LogP contribution < -0.4 is 0 Å². The summed E-state index contributed by atoms with van der Waals surface area (Å²) in [6, 6.07) is 0. The minimum Gasteiger partial charge on any atom is -0.365 e. The van der Waals surface area contributed by atoms with Gasteiger partial charge in [0, 0.05) is 13.7 Å². The molecule has 0 aromatic carbocycles. The van der Waals surface area contributed by atoms with Crippen LogP contribution in [0.5, 0.6) is 0 Å². The number of likely N-dealkylation sites (N-methyl/N-ethyl adjacent to an activating group) is 1. The highest BCUT2D eigenvalue weighted by Crippen LogP contribution is 2.26. The molecule has 1 atom stereocenters. The van der Waals surface area contributed by atoms with Gasteiger partial charge in [0.2, 0.25) is 0 Å². The van der Waals surface area contributed by atoms with Crippen molar-refractivity contribution >= 4 is 5.91 Å². The second-order valence-electron chi connectivity index (χ2n) is 3.17. The van der Waals surface area contributed by atoms with E-state index >= 15 is 0 Å². The molecule has 0 aromatic rings. The van der Waals surface area contributed by atoms with Gasteiger partial charge in [-0.15, -0.1) is 0 Å². The minimum absolute atomic E-state index is 0.109. The fraction of sp³-hybridized carbons (Fsp3) is 0.875. The van der Waals surface area contributed by atoms with Gasteiger partial charge < -0.3 is 4.74 Å². The van der Waals surface area contributed by atoms with E-state index in [9.17, 15) is 4.79 Å². The highest BCUT2D eigenvalue weighted by molar-refractivity contribution is 5.84. The van der Waals surface area contributed by atoms with Gasteiger partial charge in [0.25, 0.3) is 5.91 Å². The van der Waals surface area contributed by atoms with Crippen molar-refractivity contribution < 1.29 is 14.4 Å². The van der Waals surface area contributed by atoms with Gasteiger partial charge >= 0.3 is 0 Å². The van der Waals surface area contributed by atoms with Gasteiger partial charge in [-0.2, -0.15) is 0 Å². The number of nitrogens with zero attached hydrogens (tertiary/aromatic N) is 1. The lowest BCUT2D eigenvalue weighted by atomic mass is 10.0. The summed E-state index contributed by atoms with van der Waals surface area (Å²) in [4.78, 5) is 16.4. The molecule has 1 amide bonds. The molecule has 1 aliphatic heterocycles. The largest absolute Gasteiger partial charge is 0.365 e. The molecule has 0 spiro atoms. The maximum Gasteiger partial charge on any atom is 0.277 e. The summed E-state index contributed by atoms with van der Waals surface area (Å²) in [6.45, 7) is 2.47. The van der Waals surface area contributed by atoms with Crippen molar-refractivity contribution in [2.24, 2.45) is 0 Å². The van der Waals surface area contributed by atoms with Crippen LogP contribution in [0.4, 0.5) is 0 Å². The van der Waals surface area contributed by atoms with Gasteiger partial charge in [-0.3, -0.25) is 9.63 Å². The molecule has 1 fully saturated rings. The number of ether oxygens (including phenoxy) is 1. The third-order valence-electron chi connectivity index (χ3n) is 2.23. The average molecular weight is 173 g/mol. The summed E-state index contributed by atoms with van der Waals surface area (Å²) in [7, 11) is 3.06. The first kappa shape index (κ1) is 9.48. The van der Waals surface area contributed by atoms with Crippen molar-refractivity contribution in [2.45, 2.75) is 25.4 Å². The number of hydrogen-bond acceptors (Lipinski definition) is 3. The predicted molar refractivity (Wildman–Crippen MR) is 43.4 cm³/mol. The van der Waals surface area contributed by atoms with Gasteiger partial charge in [0.05, 0.1) is 7.11 Å². The smallest absolute Gasteiger partial charge is 0.277 e. The molecule has 0 aliphatic carbocycles.